The Bertz CT molecular complexity index is 306. The highest BCUT2D eigenvalue weighted by atomic mass is 16.4. The highest BCUT2D eigenvalue weighted by molar-refractivity contribution is 5.81. The van der Waals surface area contributed by atoms with E-state index in [0.717, 1.165) is 0 Å². The standard InChI is InChI=1S/C12H24N2O5/c1-12(2,7-15)9(16)10(17)14-6-4-3-5-8(13)11(18)19/h8-9,15-16H,3-7,13H2,1-2H3,(H,14,17)(H,18,19)/t8-,9-/m0/s1. The molecule has 0 aromatic rings. The van der Waals surface area contributed by atoms with Crippen LogP contribution in [0.15, 0.2) is 0 Å². The van der Waals surface area contributed by atoms with E-state index >= 15 is 0 Å². The van der Waals surface area contributed by atoms with Crippen LogP contribution < -0.4 is 11.1 Å². The Morgan fingerprint density at radius 1 is 1.32 bits per heavy atom. The average molecular weight is 276 g/mol. The molecule has 0 aliphatic carbocycles. The molecule has 6 N–H and O–H groups in total. The Morgan fingerprint density at radius 3 is 2.37 bits per heavy atom. The van der Waals surface area contributed by atoms with Crippen LogP contribution in [-0.2, 0) is 9.59 Å². The number of carboxylic acids is 1. The van der Waals surface area contributed by atoms with Crippen LogP contribution in [0.1, 0.15) is 33.1 Å². The van der Waals surface area contributed by atoms with Crippen molar-refractivity contribution in [2.75, 3.05) is 13.2 Å². The van der Waals surface area contributed by atoms with E-state index in [1.54, 1.807) is 13.8 Å². The maximum atomic E-state index is 11.6. The Balaban J connectivity index is 3.84. The first kappa shape index (κ1) is 17.8. The van der Waals surface area contributed by atoms with Crippen LogP contribution in [-0.4, -0.2) is 52.5 Å². The summed E-state index contributed by atoms with van der Waals surface area (Å²) in [4.78, 5) is 22.0. The van der Waals surface area contributed by atoms with Crippen LogP contribution in [0.4, 0.5) is 0 Å². The Hall–Kier alpha value is -1.18. The Morgan fingerprint density at radius 2 is 1.89 bits per heavy atom. The summed E-state index contributed by atoms with van der Waals surface area (Å²) in [5.74, 6) is -1.58. The molecule has 0 rings (SSSR count). The van der Waals surface area contributed by atoms with Crippen LogP contribution in [0.25, 0.3) is 0 Å². The number of unbranched alkanes of at least 4 members (excludes halogenated alkanes) is 1. The number of carbonyl (C=O) groups is 2. The molecular weight excluding hydrogens is 252 g/mol. The van der Waals surface area contributed by atoms with Gasteiger partial charge in [-0.3, -0.25) is 9.59 Å². The van der Waals surface area contributed by atoms with E-state index < -0.39 is 29.4 Å². The number of aliphatic carboxylic acids is 1. The molecular formula is C12H24N2O5. The SMILES string of the molecule is CC(C)(CO)[C@@H](O)C(=O)NCCCC[C@H](N)C(=O)O. The zero-order chi connectivity index (χ0) is 15.1. The van der Waals surface area contributed by atoms with Gasteiger partial charge in [-0.15, -0.1) is 0 Å². The number of amides is 1. The predicted molar refractivity (Wildman–Crippen MR) is 69.3 cm³/mol. The number of aliphatic hydroxyl groups excluding tert-OH is 2. The van der Waals surface area contributed by atoms with E-state index in [-0.39, 0.29) is 6.61 Å². The molecule has 0 aromatic carbocycles. The molecule has 112 valence electrons. The summed E-state index contributed by atoms with van der Waals surface area (Å²) in [6.07, 6.45) is 0.223. The van der Waals surface area contributed by atoms with Crippen molar-refractivity contribution in [3.63, 3.8) is 0 Å². The molecule has 0 aromatic heterocycles. The number of carboxylic acid groups (broad SMARTS) is 1. The van der Waals surface area contributed by atoms with Gasteiger partial charge in [-0.05, 0) is 19.3 Å². The molecule has 0 heterocycles. The smallest absolute Gasteiger partial charge is 0.320 e. The molecule has 0 unspecified atom stereocenters. The average Bonchev–Trinajstić information content (AvgIpc) is 2.36. The van der Waals surface area contributed by atoms with Crippen molar-refractivity contribution < 1.29 is 24.9 Å². The van der Waals surface area contributed by atoms with Gasteiger partial charge >= 0.3 is 5.97 Å². The molecule has 0 fully saturated rings. The summed E-state index contributed by atoms with van der Waals surface area (Å²) in [5, 5.41) is 29.8. The van der Waals surface area contributed by atoms with Gasteiger partial charge in [0.15, 0.2) is 0 Å². The van der Waals surface area contributed by atoms with Crippen LogP contribution >= 0.6 is 0 Å². The summed E-state index contributed by atoms with van der Waals surface area (Å²) in [5.41, 5.74) is 4.43. The molecule has 2 atom stereocenters. The van der Waals surface area contributed by atoms with E-state index in [1.807, 2.05) is 0 Å². The van der Waals surface area contributed by atoms with E-state index in [9.17, 15) is 14.7 Å². The number of nitrogens with two attached hydrogens (primary N) is 1. The number of hydrogen-bond donors (Lipinski definition) is 5. The van der Waals surface area contributed by atoms with Gasteiger partial charge in [0.1, 0.15) is 12.1 Å². The fourth-order valence-electron chi connectivity index (χ4n) is 1.36. The first-order valence-corrected chi connectivity index (χ1v) is 6.27. The van der Waals surface area contributed by atoms with Gasteiger partial charge in [-0.1, -0.05) is 13.8 Å². The monoisotopic (exact) mass is 276 g/mol. The van der Waals surface area contributed by atoms with Crippen molar-refractivity contribution in [3.05, 3.63) is 0 Å². The molecule has 19 heavy (non-hydrogen) atoms. The fraction of sp³-hybridized carbons (Fsp3) is 0.833. The summed E-state index contributed by atoms with van der Waals surface area (Å²) < 4.78 is 0. The maximum Gasteiger partial charge on any atom is 0.320 e. The lowest BCUT2D eigenvalue weighted by atomic mass is 9.87. The van der Waals surface area contributed by atoms with Gasteiger partial charge in [0.05, 0.1) is 6.61 Å². The lowest BCUT2D eigenvalue weighted by Crippen LogP contribution is -2.45. The minimum absolute atomic E-state index is 0.297. The quantitative estimate of drug-likeness (QED) is 0.345. The second-order valence-electron chi connectivity index (χ2n) is 5.28. The maximum absolute atomic E-state index is 11.6. The van der Waals surface area contributed by atoms with Gasteiger partial charge < -0.3 is 26.4 Å². The van der Waals surface area contributed by atoms with Crippen molar-refractivity contribution in [2.24, 2.45) is 11.1 Å². The second kappa shape index (κ2) is 8.08. The first-order chi connectivity index (χ1) is 8.72. The molecule has 0 saturated carbocycles. The normalized spacial score (nSPS) is 14.8. The second-order valence-corrected chi connectivity index (χ2v) is 5.28. The van der Waals surface area contributed by atoms with Crippen LogP contribution in [0.3, 0.4) is 0 Å². The van der Waals surface area contributed by atoms with Crippen molar-refractivity contribution >= 4 is 11.9 Å². The number of hydrogen-bond acceptors (Lipinski definition) is 5. The van der Waals surface area contributed by atoms with Crippen molar-refractivity contribution in [1.82, 2.24) is 5.32 Å². The van der Waals surface area contributed by atoms with Gasteiger partial charge in [-0.2, -0.15) is 0 Å². The lowest BCUT2D eigenvalue weighted by molar-refractivity contribution is -0.139. The van der Waals surface area contributed by atoms with E-state index in [4.69, 9.17) is 15.9 Å². The third-order valence-electron chi connectivity index (χ3n) is 2.95. The molecule has 0 aliphatic heterocycles. The Kier molecular flexibility index (Phi) is 7.58. The zero-order valence-electron chi connectivity index (χ0n) is 11.4. The van der Waals surface area contributed by atoms with Crippen molar-refractivity contribution in [2.45, 2.75) is 45.3 Å². The third-order valence-corrected chi connectivity index (χ3v) is 2.95. The number of nitrogens with one attached hydrogen (secondary N) is 1. The van der Waals surface area contributed by atoms with Crippen molar-refractivity contribution in [3.8, 4) is 0 Å². The largest absolute Gasteiger partial charge is 0.480 e. The van der Waals surface area contributed by atoms with Gasteiger partial charge in [0, 0.05) is 12.0 Å². The summed E-state index contributed by atoms with van der Waals surface area (Å²) in [6, 6.07) is -0.880. The first-order valence-electron chi connectivity index (χ1n) is 6.27. The van der Waals surface area contributed by atoms with Crippen LogP contribution in [0.5, 0.6) is 0 Å². The van der Waals surface area contributed by atoms with Gasteiger partial charge in [0.2, 0.25) is 5.91 Å². The fourth-order valence-corrected chi connectivity index (χ4v) is 1.36. The molecule has 7 heteroatoms. The molecule has 7 nitrogen and oxygen atoms in total. The number of rotatable bonds is 9. The number of aliphatic hydroxyl groups is 2. The molecule has 0 aliphatic rings. The van der Waals surface area contributed by atoms with E-state index in [1.165, 1.54) is 0 Å². The molecule has 0 saturated heterocycles. The highest BCUT2D eigenvalue weighted by Crippen LogP contribution is 2.19. The summed E-state index contributed by atoms with van der Waals surface area (Å²) >= 11 is 0. The van der Waals surface area contributed by atoms with Gasteiger partial charge in [0.25, 0.3) is 0 Å². The van der Waals surface area contributed by atoms with Crippen LogP contribution in [0.2, 0.25) is 0 Å². The highest BCUT2D eigenvalue weighted by Gasteiger charge is 2.32. The van der Waals surface area contributed by atoms with Gasteiger partial charge in [-0.25, -0.2) is 0 Å². The molecule has 1 amide bonds. The Labute approximate surface area is 112 Å². The zero-order valence-corrected chi connectivity index (χ0v) is 11.4. The van der Waals surface area contributed by atoms with Crippen LogP contribution in [0, 0.1) is 5.41 Å². The van der Waals surface area contributed by atoms with Crippen molar-refractivity contribution in [1.29, 1.82) is 0 Å². The lowest BCUT2D eigenvalue weighted by Gasteiger charge is -2.27. The number of carbonyl (C=O) groups excluding carboxylic acids is 1. The molecule has 0 bridgehead atoms. The summed E-state index contributed by atoms with van der Waals surface area (Å²) in [7, 11) is 0. The molecule has 0 spiro atoms. The minimum Gasteiger partial charge on any atom is -0.480 e. The molecule has 0 radical (unpaired) electrons. The minimum atomic E-state index is -1.28. The third kappa shape index (κ3) is 6.51. The topological polar surface area (TPSA) is 133 Å². The van der Waals surface area contributed by atoms with E-state index in [2.05, 4.69) is 5.32 Å². The van der Waals surface area contributed by atoms with E-state index in [0.29, 0.717) is 25.8 Å². The predicted octanol–water partition coefficient (Wildman–Crippen LogP) is -0.936. The summed E-state index contributed by atoms with van der Waals surface area (Å²) in [6.45, 7) is 3.21.